The molecule has 4 heteroatoms. The molecule has 0 amide bonds. The van der Waals surface area contributed by atoms with Gasteiger partial charge in [0.1, 0.15) is 0 Å². The summed E-state index contributed by atoms with van der Waals surface area (Å²) in [6, 6.07) is 8.59. The quantitative estimate of drug-likeness (QED) is 0.796. The minimum atomic E-state index is -0.704. The lowest BCUT2D eigenvalue weighted by Crippen LogP contribution is -2.23. The van der Waals surface area contributed by atoms with E-state index in [1.165, 1.54) is 37.2 Å². The first-order valence-corrected chi connectivity index (χ1v) is 8.33. The van der Waals surface area contributed by atoms with Crippen LogP contribution < -0.4 is 10.2 Å². The lowest BCUT2D eigenvalue weighted by Gasteiger charge is -2.21. The van der Waals surface area contributed by atoms with Gasteiger partial charge >= 0.3 is 0 Å². The highest BCUT2D eigenvalue weighted by Crippen LogP contribution is 2.24. The van der Waals surface area contributed by atoms with E-state index >= 15 is 0 Å². The molecule has 0 radical (unpaired) electrons. The molecule has 1 aliphatic rings. The first kappa shape index (κ1) is 13.6. The molecule has 1 N–H and O–H groups in total. The van der Waals surface area contributed by atoms with Gasteiger partial charge in [0.25, 0.3) is 0 Å². The van der Waals surface area contributed by atoms with Crippen LogP contribution in [0.15, 0.2) is 24.3 Å². The molecule has 0 saturated carbocycles. The van der Waals surface area contributed by atoms with Crippen LogP contribution in [0.2, 0.25) is 0 Å². The average molecular weight is 266 g/mol. The van der Waals surface area contributed by atoms with Crippen molar-refractivity contribution < 1.29 is 4.21 Å². The molecule has 100 valence electrons. The Balaban J connectivity index is 1.92. The van der Waals surface area contributed by atoms with Crippen molar-refractivity contribution in [3.63, 3.8) is 0 Å². The Morgan fingerprint density at radius 2 is 2.00 bits per heavy atom. The van der Waals surface area contributed by atoms with Gasteiger partial charge in [0.05, 0.1) is 0 Å². The summed E-state index contributed by atoms with van der Waals surface area (Å²) in [5.74, 6) is 0.728. The van der Waals surface area contributed by atoms with Gasteiger partial charge in [-0.25, -0.2) is 0 Å². The van der Waals surface area contributed by atoms with E-state index in [9.17, 15) is 4.21 Å². The fraction of sp³-hybridized carbons (Fsp3) is 0.571. The first-order chi connectivity index (χ1) is 8.77. The van der Waals surface area contributed by atoms with E-state index in [2.05, 4.69) is 34.5 Å². The molecule has 1 aromatic carbocycles. The summed E-state index contributed by atoms with van der Waals surface area (Å²) in [5, 5.41) is 3.38. The minimum Gasteiger partial charge on any atom is -0.371 e. The lowest BCUT2D eigenvalue weighted by atomic mass is 10.1. The molecule has 2 rings (SSSR count). The molecule has 3 nitrogen and oxygen atoms in total. The van der Waals surface area contributed by atoms with Crippen LogP contribution in [-0.4, -0.2) is 35.9 Å². The molecule has 18 heavy (non-hydrogen) atoms. The number of hydrogen-bond acceptors (Lipinski definition) is 3. The zero-order valence-electron chi connectivity index (χ0n) is 11.0. The summed E-state index contributed by atoms with van der Waals surface area (Å²) in [7, 11) is -0.704. The summed E-state index contributed by atoms with van der Waals surface area (Å²) < 4.78 is 11.0. The van der Waals surface area contributed by atoms with Gasteiger partial charge in [0, 0.05) is 54.7 Å². The zero-order chi connectivity index (χ0) is 12.8. The van der Waals surface area contributed by atoms with Crippen LogP contribution in [0.5, 0.6) is 0 Å². The van der Waals surface area contributed by atoms with Crippen LogP contribution in [0.1, 0.15) is 18.4 Å². The number of anilines is 1. The van der Waals surface area contributed by atoms with Crippen LogP contribution in [0.25, 0.3) is 0 Å². The van der Waals surface area contributed by atoms with Gasteiger partial charge in [0.2, 0.25) is 0 Å². The molecule has 1 saturated heterocycles. The molecular weight excluding hydrogens is 244 g/mol. The largest absolute Gasteiger partial charge is 0.371 e. The van der Waals surface area contributed by atoms with Crippen molar-refractivity contribution in [3.05, 3.63) is 29.8 Å². The highest BCUT2D eigenvalue weighted by molar-refractivity contribution is 7.84. The molecule has 1 aliphatic heterocycles. The molecule has 1 fully saturated rings. The van der Waals surface area contributed by atoms with Crippen LogP contribution >= 0.6 is 0 Å². The van der Waals surface area contributed by atoms with Gasteiger partial charge < -0.3 is 10.2 Å². The van der Waals surface area contributed by atoms with Gasteiger partial charge in [-0.05, 0) is 24.5 Å². The van der Waals surface area contributed by atoms with Crippen molar-refractivity contribution in [2.24, 2.45) is 0 Å². The first-order valence-electron chi connectivity index (χ1n) is 6.61. The number of para-hydroxylation sites is 1. The monoisotopic (exact) mass is 266 g/mol. The summed E-state index contributed by atoms with van der Waals surface area (Å²) in [6.07, 6.45) is 4.35. The molecule has 0 spiro atoms. The average Bonchev–Trinajstić information content (AvgIpc) is 2.88. The van der Waals surface area contributed by atoms with E-state index in [-0.39, 0.29) is 0 Å². The molecule has 1 unspecified atom stereocenters. The van der Waals surface area contributed by atoms with E-state index < -0.39 is 10.8 Å². The molecule has 0 bridgehead atoms. The van der Waals surface area contributed by atoms with Gasteiger partial charge in [-0.3, -0.25) is 4.21 Å². The second-order valence-electron chi connectivity index (χ2n) is 4.78. The summed E-state index contributed by atoms with van der Waals surface area (Å²) in [4.78, 5) is 2.47. The highest BCUT2D eigenvalue weighted by Gasteiger charge is 2.14. The molecule has 1 heterocycles. The Kier molecular flexibility index (Phi) is 5.20. The molecule has 1 atom stereocenters. The third-order valence-electron chi connectivity index (χ3n) is 3.32. The Morgan fingerprint density at radius 1 is 1.28 bits per heavy atom. The normalized spacial score (nSPS) is 17.1. The van der Waals surface area contributed by atoms with Crippen LogP contribution in [-0.2, 0) is 17.3 Å². The van der Waals surface area contributed by atoms with Crippen LogP contribution in [0.3, 0.4) is 0 Å². The third-order valence-corrected chi connectivity index (χ3v) is 4.10. The highest BCUT2D eigenvalue weighted by atomic mass is 32.2. The second-order valence-corrected chi connectivity index (χ2v) is 6.33. The number of benzene rings is 1. The van der Waals surface area contributed by atoms with E-state index in [4.69, 9.17) is 0 Å². The third kappa shape index (κ3) is 3.82. The minimum absolute atomic E-state index is 0.704. The topological polar surface area (TPSA) is 32.3 Å². The molecule has 0 aromatic heterocycles. The van der Waals surface area contributed by atoms with E-state index in [1.807, 2.05) is 0 Å². The Labute approximate surface area is 112 Å². The number of rotatable bonds is 6. The van der Waals surface area contributed by atoms with Crippen molar-refractivity contribution in [1.29, 1.82) is 0 Å². The van der Waals surface area contributed by atoms with Crippen molar-refractivity contribution in [2.45, 2.75) is 19.4 Å². The number of hydrogen-bond donors (Lipinski definition) is 1. The SMILES string of the molecule is CS(=O)CCNCc1ccccc1N1CCCC1. The number of nitrogens with zero attached hydrogens (tertiary/aromatic N) is 1. The predicted octanol–water partition coefficient (Wildman–Crippen LogP) is 1.75. The van der Waals surface area contributed by atoms with Gasteiger partial charge in [-0.2, -0.15) is 0 Å². The maximum atomic E-state index is 11.0. The maximum Gasteiger partial charge on any atom is 0.0411 e. The van der Waals surface area contributed by atoms with Gasteiger partial charge in [-0.15, -0.1) is 0 Å². The van der Waals surface area contributed by atoms with Crippen molar-refractivity contribution in [3.8, 4) is 0 Å². The summed E-state index contributed by atoms with van der Waals surface area (Å²) >= 11 is 0. The number of nitrogens with one attached hydrogen (secondary N) is 1. The zero-order valence-corrected chi connectivity index (χ0v) is 11.8. The molecular formula is C14H22N2OS. The summed E-state index contributed by atoms with van der Waals surface area (Å²) in [6.45, 7) is 4.04. The maximum absolute atomic E-state index is 11.0. The van der Waals surface area contributed by atoms with Crippen LogP contribution in [0.4, 0.5) is 5.69 Å². The van der Waals surface area contributed by atoms with Crippen molar-refractivity contribution >= 4 is 16.5 Å². The van der Waals surface area contributed by atoms with Crippen LogP contribution in [0, 0.1) is 0 Å². The fourth-order valence-electron chi connectivity index (χ4n) is 2.37. The lowest BCUT2D eigenvalue weighted by molar-refractivity contribution is 0.676. The summed E-state index contributed by atoms with van der Waals surface area (Å²) in [5.41, 5.74) is 2.71. The smallest absolute Gasteiger partial charge is 0.0411 e. The Hall–Kier alpha value is -0.870. The standard InChI is InChI=1S/C14H22N2OS/c1-18(17)11-8-15-12-13-6-2-3-7-14(13)16-9-4-5-10-16/h2-3,6-7,15H,4-5,8-12H2,1H3. The van der Waals surface area contributed by atoms with Gasteiger partial charge in [-0.1, -0.05) is 18.2 Å². The fourth-order valence-corrected chi connectivity index (χ4v) is 2.80. The van der Waals surface area contributed by atoms with E-state index in [0.29, 0.717) is 0 Å². The van der Waals surface area contributed by atoms with Gasteiger partial charge in [0.15, 0.2) is 0 Å². The van der Waals surface area contributed by atoms with E-state index in [1.54, 1.807) is 6.26 Å². The molecule has 1 aromatic rings. The van der Waals surface area contributed by atoms with Crippen molar-refractivity contribution in [2.75, 3.05) is 36.5 Å². The van der Waals surface area contributed by atoms with E-state index in [0.717, 1.165) is 18.8 Å². The van der Waals surface area contributed by atoms with Crippen molar-refractivity contribution in [1.82, 2.24) is 5.32 Å². The second kappa shape index (κ2) is 6.90. The Morgan fingerprint density at radius 3 is 2.72 bits per heavy atom. The molecule has 0 aliphatic carbocycles. The Bertz CT molecular complexity index is 403. The predicted molar refractivity (Wildman–Crippen MR) is 78.5 cm³/mol.